The fourth-order valence-electron chi connectivity index (χ4n) is 2.55. The Kier molecular flexibility index (Phi) is 5.01. The highest BCUT2D eigenvalue weighted by molar-refractivity contribution is 7.10. The van der Waals surface area contributed by atoms with Crippen molar-refractivity contribution >= 4 is 11.3 Å². The van der Waals surface area contributed by atoms with Crippen molar-refractivity contribution in [1.29, 1.82) is 0 Å². The molecule has 2 heterocycles. The van der Waals surface area contributed by atoms with Gasteiger partial charge >= 0.3 is 0 Å². The molecule has 1 unspecified atom stereocenters. The van der Waals surface area contributed by atoms with Gasteiger partial charge in [0, 0.05) is 30.1 Å². The molecule has 1 N–H and O–H groups in total. The van der Waals surface area contributed by atoms with E-state index in [-0.39, 0.29) is 0 Å². The molecule has 0 radical (unpaired) electrons. The minimum Gasteiger partial charge on any atom is -0.314 e. The Morgan fingerprint density at radius 2 is 2.24 bits per heavy atom. The molecule has 1 atom stereocenters. The second-order valence-electron chi connectivity index (χ2n) is 4.96. The largest absolute Gasteiger partial charge is 0.314 e. The van der Waals surface area contributed by atoms with E-state index in [1.54, 1.807) is 0 Å². The lowest BCUT2D eigenvalue weighted by Crippen LogP contribution is -2.43. The van der Waals surface area contributed by atoms with Gasteiger partial charge in [-0.2, -0.15) is 0 Å². The summed E-state index contributed by atoms with van der Waals surface area (Å²) in [5, 5.41) is 5.82. The molecule has 1 aromatic heterocycles. The fourth-order valence-corrected chi connectivity index (χ4v) is 3.37. The van der Waals surface area contributed by atoms with Crippen LogP contribution in [0.15, 0.2) is 17.5 Å². The van der Waals surface area contributed by atoms with Crippen molar-refractivity contribution in [1.82, 2.24) is 10.2 Å². The van der Waals surface area contributed by atoms with Gasteiger partial charge in [0.05, 0.1) is 0 Å². The predicted octanol–water partition coefficient (Wildman–Crippen LogP) is 3.27. The van der Waals surface area contributed by atoms with Crippen molar-refractivity contribution in [2.24, 2.45) is 0 Å². The Balaban J connectivity index is 1.79. The van der Waals surface area contributed by atoms with Gasteiger partial charge in [-0.15, -0.1) is 11.3 Å². The smallest absolute Gasteiger partial charge is 0.0413 e. The summed E-state index contributed by atoms with van der Waals surface area (Å²) in [6.07, 6.45) is 3.84. The standard InChI is InChI=1S/C14H24N2S/c1-3-8-15-13-6-9-16(10-7-13)12(2)14-5-4-11-17-14/h4-5,11-13,15H,3,6-10H2,1-2H3. The molecule has 1 aromatic rings. The van der Waals surface area contributed by atoms with E-state index in [4.69, 9.17) is 0 Å². The number of rotatable bonds is 5. The Bertz CT molecular complexity index is 302. The van der Waals surface area contributed by atoms with Gasteiger partial charge < -0.3 is 5.32 Å². The van der Waals surface area contributed by atoms with E-state index in [0.717, 1.165) is 6.04 Å². The zero-order chi connectivity index (χ0) is 12.1. The van der Waals surface area contributed by atoms with Crippen LogP contribution in [0.2, 0.25) is 0 Å². The molecule has 0 aromatic carbocycles. The zero-order valence-electron chi connectivity index (χ0n) is 11.0. The second kappa shape index (κ2) is 6.53. The molecule has 96 valence electrons. The second-order valence-corrected chi connectivity index (χ2v) is 5.94. The lowest BCUT2D eigenvalue weighted by molar-refractivity contribution is 0.154. The third-order valence-corrected chi connectivity index (χ3v) is 4.76. The first-order valence-electron chi connectivity index (χ1n) is 6.82. The van der Waals surface area contributed by atoms with Gasteiger partial charge in [0.1, 0.15) is 0 Å². The van der Waals surface area contributed by atoms with Crippen LogP contribution in [0.25, 0.3) is 0 Å². The maximum Gasteiger partial charge on any atom is 0.0413 e. The predicted molar refractivity (Wildman–Crippen MR) is 75.6 cm³/mol. The maximum atomic E-state index is 3.64. The molecule has 0 aliphatic carbocycles. The summed E-state index contributed by atoms with van der Waals surface area (Å²) in [6.45, 7) is 8.22. The van der Waals surface area contributed by atoms with Crippen molar-refractivity contribution in [3.63, 3.8) is 0 Å². The van der Waals surface area contributed by atoms with Crippen molar-refractivity contribution in [2.75, 3.05) is 19.6 Å². The van der Waals surface area contributed by atoms with Crippen LogP contribution in [-0.2, 0) is 0 Å². The van der Waals surface area contributed by atoms with Crippen molar-refractivity contribution in [2.45, 2.75) is 45.2 Å². The number of piperidine rings is 1. The highest BCUT2D eigenvalue weighted by Gasteiger charge is 2.23. The number of nitrogens with zero attached hydrogens (tertiary/aromatic N) is 1. The van der Waals surface area contributed by atoms with Gasteiger partial charge in [0.15, 0.2) is 0 Å². The van der Waals surface area contributed by atoms with Gasteiger partial charge in [-0.3, -0.25) is 4.90 Å². The van der Waals surface area contributed by atoms with Gasteiger partial charge in [-0.25, -0.2) is 0 Å². The topological polar surface area (TPSA) is 15.3 Å². The van der Waals surface area contributed by atoms with E-state index in [2.05, 4.69) is 41.6 Å². The highest BCUT2D eigenvalue weighted by atomic mass is 32.1. The van der Waals surface area contributed by atoms with E-state index >= 15 is 0 Å². The number of likely N-dealkylation sites (tertiary alicyclic amines) is 1. The zero-order valence-corrected chi connectivity index (χ0v) is 11.8. The van der Waals surface area contributed by atoms with E-state index in [9.17, 15) is 0 Å². The molecule has 0 amide bonds. The number of nitrogens with one attached hydrogen (secondary N) is 1. The lowest BCUT2D eigenvalue weighted by atomic mass is 10.0. The average Bonchev–Trinajstić information content (AvgIpc) is 2.90. The molecule has 3 heteroatoms. The summed E-state index contributed by atoms with van der Waals surface area (Å²) in [4.78, 5) is 4.13. The molecule has 2 rings (SSSR count). The molecular weight excluding hydrogens is 228 g/mol. The molecule has 1 fully saturated rings. The Labute approximate surface area is 109 Å². The summed E-state index contributed by atoms with van der Waals surface area (Å²) >= 11 is 1.88. The molecule has 1 saturated heterocycles. The lowest BCUT2D eigenvalue weighted by Gasteiger charge is -2.36. The average molecular weight is 252 g/mol. The number of hydrogen-bond donors (Lipinski definition) is 1. The van der Waals surface area contributed by atoms with Gasteiger partial charge in [-0.05, 0) is 44.2 Å². The Morgan fingerprint density at radius 1 is 1.47 bits per heavy atom. The van der Waals surface area contributed by atoms with E-state index < -0.39 is 0 Å². The molecule has 0 spiro atoms. The van der Waals surface area contributed by atoms with Gasteiger partial charge in [-0.1, -0.05) is 13.0 Å². The van der Waals surface area contributed by atoms with Crippen molar-refractivity contribution in [3.8, 4) is 0 Å². The molecule has 17 heavy (non-hydrogen) atoms. The third kappa shape index (κ3) is 3.54. The molecule has 0 bridgehead atoms. The quantitative estimate of drug-likeness (QED) is 0.865. The maximum absolute atomic E-state index is 3.64. The van der Waals surface area contributed by atoms with Gasteiger partial charge in [0.25, 0.3) is 0 Å². The molecular formula is C14H24N2S. The van der Waals surface area contributed by atoms with Crippen LogP contribution in [0.4, 0.5) is 0 Å². The molecule has 1 aliphatic heterocycles. The molecule has 2 nitrogen and oxygen atoms in total. The fraction of sp³-hybridized carbons (Fsp3) is 0.714. The Morgan fingerprint density at radius 3 is 2.82 bits per heavy atom. The summed E-state index contributed by atoms with van der Waals surface area (Å²) in [5.41, 5.74) is 0. The van der Waals surface area contributed by atoms with E-state index in [1.165, 1.54) is 43.8 Å². The molecule has 1 aliphatic rings. The van der Waals surface area contributed by atoms with Crippen LogP contribution in [0, 0.1) is 0 Å². The first kappa shape index (κ1) is 13.1. The van der Waals surface area contributed by atoms with Crippen LogP contribution in [0.5, 0.6) is 0 Å². The monoisotopic (exact) mass is 252 g/mol. The van der Waals surface area contributed by atoms with E-state index in [0.29, 0.717) is 6.04 Å². The SMILES string of the molecule is CCCNC1CCN(C(C)c2cccs2)CC1. The highest BCUT2D eigenvalue weighted by Crippen LogP contribution is 2.27. The minimum atomic E-state index is 0.599. The van der Waals surface area contributed by atoms with Crippen LogP contribution in [0.1, 0.15) is 44.0 Å². The van der Waals surface area contributed by atoms with Crippen molar-refractivity contribution in [3.05, 3.63) is 22.4 Å². The van der Waals surface area contributed by atoms with Crippen LogP contribution in [-0.4, -0.2) is 30.6 Å². The van der Waals surface area contributed by atoms with Crippen LogP contribution >= 0.6 is 11.3 Å². The summed E-state index contributed by atoms with van der Waals surface area (Å²) in [7, 11) is 0. The van der Waals surface area contributed by atoms with Gasteiger partial charge in [0.2, 0.25) is 0 Å². The summed E-state index contributed by atoms with van der Waals surface area (Å²) in [5.74, 6) is 0. The van der Waals surface area contributed by atoms with Crippen molar-refractivity contribution < 1.29 is 0 Å². The first-order chi connectivity index (χ1) is 8.31. The first-order valence-corrected chi connectivity index (χ1v) is 7.70. The van der Waals surface area contributed by atoms with E-state index in [1.807, 2.05) is 11.3 Å². The third-order valence-electron chi connectivity index (χ3n) is 3.72. The van der Waals surface area contributed by atoms with Crippen LogP contribution < -0.4 is 5.32 Å². The summed E-state index contributed by atoms with van der Waals surface area (Å²) < 4.78 is 0. The Hall–Kier alpha value is -0.380. The normalized spacial score (nSPS) is 20.6. The van der Waals surface area contributed by atoms with Crippen LogP contribution in [0.3, 0.4) is 0 Å². The minimum absolute atomic E-state index is 0.599. The molecule has 0 saturated carbocycles. The number of hydrogen-bond acceptors (Lipinski definition) is 3. The summed E-state index contributed by atoms with van der Waals surface area (Å²) in [6, 6.07) is 5.77. The number of thiophene rings is 1.